The molecule has 1 saturated heterocycles. The lowest BCUT2D eigenvalue weighted by Crippen LogP contribution is -2.26. The van der Waals surface area contributed by atoms with Gasteiger partial charge < -0.3 is 9.73 Å². The number of benzene rings is 1. The van der Waals surface area contributed by atoms with Crippen LogP contribution in [0.4, 0.5) is 0 Å². The van der Waals surface area contributed by atoms with E-state index in [9.17, 15) is 0 Å². The summed E-state index contributed by atoms with van der Waals surface area (Å²) in [4.78, 5) is 4.77. The molecule has 1 atom stereocenters. The lowest BCUT2D eigenvalue weighted by molar-refractivity contribution is 0.411. The highest BCUT2D eigenvalue weighted by Crippen LogP contribution is 2.33. The zero-order chi connectivity index (χ0) is 14.2. The number of hydrogen-bond donors (Lipinski definition) is 1. The van der Waals surface area contributed by atoms with Crippen LogP contribution in [0, 0.1) is 0 Å². The van der Waals surface area contributed by atoms with Crippen molar-refractivity contribution < 1.29 is 4.42 Å². The molecule has 5 heteroatoms. The van der Waals surface area contributed by atoms with Crippen LogP contribution in [0.2, 0.25) is 0 Å². The summed E-state index contributed by atoms with van der Waals surface area (Å²) in [6.07, 6.45) is 3.73. The Hall–Kier alpha value is -1.17. The number of fused-ring (bicyclic) bond motifs is 1. The van der Waals surface area contributed by atoms with Crippen LogP contribution in [0.25, 0.3) is 22.4 Å². The highest BCUT2D eigenvalue weighted by Gasteiger charge is 2.19. The van der Waals surface area contributed by atoms with Crippen molar-refractivity contribution in [1.29, 1.82) is 0 Å². The highest BCUT2D eigenvalue weighted by atomic mass is 79.9. The Morgan fingerprint density at radius 1 is 1.29 bits per heavy atom. The topological polar surface area (TPSA) is 38.1 Å². The molecule has 21 heavy (non-hydrogen) atoms. The third-order valence-corrected chi connectivity index (χ3v) is 5.31. The van der Waals surface area contributed by atoms with Gasteiger partial charge in [0.2, 0.25) is 0 Å². The van der Waals surface area contributed by atoms with Crippen molar-refractivity contribution in [3.05, 3.63) is 39.1 Å². The van der Waals surface area contributed by atoms with Crippen LogP contribution in [-0.2, 0) is 0 Å². The maximum Gasteiger partial charge on any atom is 0.154 e. The molecule has 3 nitrogen and oxygen atoms in total. The van der Waals surface area contributed by atoms with E-state index in [0.29, 0.717) is 6.04 Å². The van der Waals surface area contributed by atoms with Crippen LogP contribution in [0.3, 0.4) is 0 Å². The van der Waals surface area contributed by atoms with Gasteiger partial charge in [0.05, 0.1) is 6.04 Å². The number of piperidine rings is 1. The summed E-state index contributed by atoms with van der Waals surface area (Å²) < 4.78 is 6.98. The fourth-order valence-corrected chi connectivity index (χ4v) is 4.06. The van der Waals surface area contributed by atoms with Gasteiger partial charge in [0, 0.05) is 15.2 Å². The number of furan rings is 1. The van der Waals surface area contributed by atoms with Gasteiger partial charge in [-0.3, -0.25) is 0 Å². The van der Waals surface area contributed by atoms with Crippen molar-refractivity contribution >= 4 is 38.2 Å². The predicted molar refractivity (Wildman–Crippen MR) is 89.6 cm³/mol. The molecule has 0 amide bonds. The second-order valence-corrected chi connectivity index (χ2v) is 7.17. The van der Waals surface area contributed by atoms with E-state index in [-0.39, 0.29) is 0 Å². The fourth-order valence-electron chi connectivity index (χ4n) is 2.76. The van der Waals surface area contributed by atoms with Gasteiger partial charge in [0.25, 0.3) is 0 Å². The van der Waals surface area contributed by atoms with Gasteiger partial charge in [-0.25, -0.2) is 4.98 Å². The quantitative estimate of drug-likeness (QED) is 0.686. The van der Waals surface area contributed by atoms with Gasteiger partial charge in [-0.1, -0.05) is 22.4 Å². The monoisotopic (exact) mass is 362 g/mol. The maximum atomic E-state index is 5.91. The first-order chi connectivity index (χ1) is 10.3. The van der Waals surface area contributed by atoms with E-state index in [2.05, 4.69) is 38.8 Å². The summed E-state index contributed by atoms with van der Waals surface area (Å²) in [7, 11) is 0. The lowest BCUT2D eigenvalue weighted by atomic mass is 10.1. The maximum absolute atomic E-state index is 5.91. The molecule has 0 saturated carbocycles. The molecule has 3 aromatic rings. The molecular formula is C16H15BrN2OS. The molecule has 0 spiro atoms. The summed E-state index contributed by atoms with van der Waals surface area (Å²) >= 11 is 5.21. The van der Waals surface area contributed by atoms with E-state index >= 15 is 0 Å². The minimum absolute atomic E-state index is 0.413. The van der Waals surface area contributed by atoms with Gasteiger partial charge in [0.1, 0.15) is 16.3 Å². The van der Waals surface area contributed by atoms with Crippen molar-refractivity contribution in [2.24, 2.45) is 0 Å². The molecule has 0 radical (unpaired) electrons. The van der Waals surface area contributed by atoms with Crippen LogP contribution in [0.5, 0.6) is 0 Å². The third-order valence-electron chi connectivity index (χ3n) is 3.86. The average Bonchev–Trinajstić information content (AvgIpc) is 3.14. The first kappa shape index (κ1) is 13.5. The lowest BCUT2D eigenvalue weighted by Gasteiger charge is -2.21. The van der Waals surface area contributed by atoms with Crippen LogP contribution >= 0.6 is 27.3 Å². The first-order valence-electron chi connectivity index (χ1n) is 7.18. The van der Waals surface area contributed by atoms with E-state index in [4.69, 9.17) is 9.40 Å². The molecule has 1 aliphatic rings. The van der Waals surface area contributed by atoms with E-state index in [1.807, 2.05) is 12.1 Å². The standard InChI is InChI=1S/C16H15BrN2OS/c17-11-4-5-14-10(7-11)8-15(20-14)13-9-21-16(19-13)12-3-1-2-6-18-12/h4-5,7-9,12,18H,1-3,6H2. The molecule has 3 heterocycles. The molecule has 2 aromatic heterocycles. The predicted octanol–water partition coefficient (Wildman–Crippen LogP) is 5.13. The van der Waals surface area contributed by atoms with E-state index in [1.54, 1.807) is 11.3 Å². The molecule has 0 bridgehead atoms. The normalized spacial score (nSPS) is 19.2. The van der Waals surface area contributed by atoms with Gasteiger partial charge in [0.15, 0.2) is 5.76 Å². The zero-order valence-corrected chi connectivity index (χ0v) is 13.8. The van der Waals surface area contributed by atoms with Gasteiger partial charge >= 0.3 is 0 Å². The zero-order valence-electron chi connectivity index (χ0n) is 11.4. The van der Waals surface area contributed by atoms with E-state index < -0.39 is 0 Å². The third kappa shape index (κ3) is 2.65. The Labute approximate surface area is 135 Å². The Morgan fingerprint density at radius 3 is 3.10 bits per heavy atom. The molecular weight excluding hydrogens is 348 g/mol. The highest BCUT2D eigenvalue weighted by molar-refractivity contribution is 9.10. The Kier molecular flexibility index (Phi) is 3.57. The molecule has 4 rings (SSSR count). The average molecular weight is 363 g/mol. The number of nitrogens with one attached hydrogen (secondary N) is 1. The second-order valence-electron chi connectivity index (χ2n) is 5.37. The van der Waals surface area contributed by atoms with Crippen LogP contribution in [0.1, 0.15) is 30.3 Å². The van der Waals surface area contributed by atoms with Gasteiger partial charge in [-0.15, -0.1) is 11.3 Å². The summed E-state index contributed by atoms with van der Waals surface area (Å²) in [6, 6.07) is 8.52. The smallest absolute Gasteiger partial charge is 0.154 e. The van der Waals surface area contributed by atoms with Crippen LogP contribution < -0.4 is 5.32 Å². The Bertz CT molecular complexity index is 774. The van der Waals surface area contributed by atoms with Gasteiger partial charge in [-0.2, -0.15) is 0 Å². The number of rotatable bonds is 2. The molecule has 0 aliphatic carbocycles. The molecule has 1 fully saturated rings. The molecule has 1 aromatic carbocycles. The van der Waals surface area contributed by atoms with E-state index in [0.717, 1.165) is 33.4 Å². The largest absolute Gasteiger partial charge is 0.454 e. The minimum atomic E-state index is 0.413. The van der Waals surface area contributed by atoms with Crippen molar-refractivity contribution in [3.63, 3.8) is 0 Å². The Morgan fingerprint density at radius 2 is 2.24 bits per heavy atom. The van der Waals surface area contributed by atoms with Crippen molar-refractivity contribution in [3.8, 4) is 11.5 Å². The van der Waals surface area contributed by atoms with E-state index in [1.165, 1.54) is 24.3 Å². The molecule has 108 valence electrons. The number of thiazole rings is 1. The van der Waals surface area contributed by atoms with Crippen LogP contribution in [-0.4, -0.2) is 11.5 Å². The first-order valence-corrected chi connectivity index (χ1v) is 8.85. The van der Waals surface area contributed by atoms with Crippen molar-refractivity contribution in [1.82, 2.24) is 10.3 Å². The number of hydrogen-bond acceptors (Lipinski definition) is 4. The Balaban J connectivity index is 1.67. The molecule has 1 N–H and O–H groups in total. The fraction of sp³-hybridized carbons (Fsp3) is 0.312. The number of halogens is 1. The number of aromatic nitrogens is 1. The summed E-state index contributed by atoms with van der Waals surface area (Å²) in [6.45, 7) is 1.10. The summed E-state index contributed by atoms with van der Waals surface area (Å²) in [5, 5.41) is 7.92. The summed E-state index contributed by atoms with van der Waals surface area (Å²) in [5.41, 5.74) is 1.84. The SMILES string of the molecule is Brc1ccc2oc(-c3csc(C4CCCCN4)n3)cc2c1. The van der Waals surface area contributed by atoms with Crippen LogP contribution in [0.15, 0.2) is 38.5 Å². The molecule has 1 aliphatic heterocycles. The van der Waals surface area contributed by atoms with Gasteiger partial charge in [-0.05, 0) is 43.7 Å². The van der Waals surface area contributed by atoms with Crippen molar-refractivity contribution in [2.45, 2.75) is 25.3 Å². The molecule has 1 unspecified atom stereocenters. The second kappa shape index (κ2) is 5.55. The number of nitrogens with zero attached hydrogens (tertiary/aromatic N) is 1. The van der Waals surface area contributed by atoms with Crippen molar-refractivity contribution in [2.75, 3.05) is 6.54 Å². The summed E-state index contributed by atoms with van der Waals surface area (Å²) in [5.74, 6) is 0.849. The minimum Gasteiger partial charge on any atom is -0.454 e.